The first-order valence-electron chi connectivity index (χ1n) is 7.17. The summed E-state index contributed by atoms with van der Waals surface area (Å²) in [5.74, 6) is 1.63. The number of anilines is 1. The van der Waals surface area contributed by atoms with Gasteiger partial charge in [0.1, 0.15) is 11.3 Å². The molecule has 1 saturated carbocycles. The van der Waals surface area contributed by atoms with E-state index in [1.807, 2.05) is 12.1 Å². The average molecular weight is 256 g/mol. The summed E-state index contributed by atoms with van der Waals surface area (Å²) in [7, 11) is 0. The molecule has 19 heavy (non-hydrogen) atoms. The molecule has 4 heteroatoms. The predicted molar refractivity (Wildman–Crippen MR) is 77.0 cm³/mol. The zero-order chi connectivity index (χ0) is 13.1. The first kappa shape index (κ1) is 12.3. The molecule has 3 rings (SSSR count). The van der Waals surface area contributed by atoms with E-state index in [0.29, 0.717) is 17.6 Å². The summed E-state index contributed by atoms with van der Waals surface area (Å²) in [4.78, 5) is 13.1. The molecule has 1 aliphatic carbocycles. The number of hydrogen-bond acceptors (Lipinski definition) is 4. The van der Waals surface area contributed by atoms with Crippen LogP contribution in [0.5, 0.6) is 0 Å². The van der Waals surface area contributed by atoms with Gasteiger partial charge in [0.2, 0.25) is 0 Å². The second kappa shape index (κ2) is 5.51. The number of rotatable bonds is 2. The second-order valence-electron chi connectivity index (χ2n) is 5.46. The fourth-order valence-corrected chi connectivity index (χ4v) is 2.83. The summed E-state index contributed by atoms with van der Waals surface area (Å²) in [6.07, 6.45) is 9.97. The van der Waals surface area contributed by atoms with Crippen LogP contribution in [0, 0.1) is 5.92 Å². The molecule has 2 atom stereocenters. The molecule has 2 aromatic rings. The molecule has 0 aromatic carbocycles. The van der Waals surface area contributed by atoms with E-state index < -0.39 is 0 Å². The van der Waals surface area contributed by atoms with Crippen molar-refractivity contribution in [3.8, 4) is 0 Å². The van der Waals surface area contributed by atoms with Crippen molar-refractivity contribution in [2.24, 2.45) is 5.92 Å². The highest BCUT2D eigenvalue weighted by molar-refractivity contribution is 5.71. The van der Waals surface area contributed by atoms with Gasteiger partial charge in [-0.15, -0.1) is 0 Å². The van der Waals surface area contributed by atoms with Gasteiger partial charge in [0, 0.05) is 18.4 Å². The third-order valence-corrected chi connectivity index (χ3v) is 4.03. The van der Waals surface area contributed by atoms with Crippen molar-refractivity contribution < 1.29 is 0 Å². The SMILES string of the molecule is CC1CCCCCC1Nc1ccc2nccnc2n1. The zero-order valence-electron chi connectivity index (χ0n) is 11.3. The van der Waals surface area contributed by atoms with Crippen molar-refractivity contribution in [2.45, 2.75) is 45.1 Å². The van der Waals surface area contributed by atoms with Crippen molar-refractivity contribution in [1.29, 1.82) is 0 Å². The van der Waals surface area contributed by atoms with Crippen LogP contribution in [0.15, 0.2) is 24.5 Å². The Bertz CT molecular complexity index is 555. The smallest absolute Gasteiger partial charge is 0.180 e. The molecule has 2 aromatic heterocycles. The molecule has 1 N–H and O–H groups in total. The maximum atomic E-state index is 4.55. The van der Waals surface area contributed by atoms with Gasteiger partial charge in [-0.1, -0.05) is 26.2 Å². The fraction of sp³-hybridized carbons (Fsp3) is 0.533. The lowest BCUT2D eigenvalue weighted by atomic mass is 9.97. The highest BCUT2D eigenvalue weighted by Gasteiger charge is 2.20. The first-order chi connectivity index (χ1) is 9.33. The fourth-order valence-electron chi connectivity index (χ4n) is 2.83. The van der Waals surface area contributed by atoms with Crippen LogP contribution in [0.1, 0.15) is 39.0 Å². The molecular weight excluding hydrogens is 236 g/mol. The van der Waals surface area contributed by atoms with Crippen LogP contribution in [0.3, 0.4) is 0 Å². The molecule has 0 saturated heterocycles. The van der Waals surface area contributed by atoms with E-state index in [9.17, 15) is 0 Å². The molecular formula is C15H20N4. The van der Waals surface area contributed by atoms with E-state index in [4.69, 9.17) is 0 Å². The maximum absolute atomic E-state index is 4.55. The summed E-state index contributed by atoms with van der Waals surface area (Å²) >= 11 is 0. The van der Waals surface area contributed by atoms with Gasteiger partial charge in [-0.25, -0.2) is 9.97 Å². The Hall–Kier alpha value is -1.71. The lowest BCUT2D eigenvalue weighted by molar-refractivity contribution is 0.456. The van der Waals surface area contributed by atoms with Gasteiger partial charge in [-0.05, 0) is 30.9 Å². The zero-order valence-corrected chi connectivity index (χ0v) is 11.3. The molecule has 4 nitrogen and oxygen atoms in total. The van der Waals surface area contributed by atoms with Gasteiger partial charge in [0.05, 0.1) is 0 Å². The number of fused-ring (bicyclic) bond motifs is 1. The lowest BCUT2D eigenvalue weighted by Crippen LogP contribution is -2.26. The monoisotopic (exact) mass is 256 g/mol. The normalized spacial score (nSPS) is 24.1. The standard InChI is InChI=1S/C15H20N4/c1-11-5-3-2-4-6-12(11)18-14-8-7-13-15(19-14)17-10-9-16-13/h7-12H,2-6H2,1H3,(H,17,18,19). The minimum absolute atomic E-state index is 0.532. The molecule has 1 aliphatic rings. The molecule has 100 valence electrons. The van der Waals surface area contributed by atoms with Gasteiger partial charge < -0.3 is 5.32 Å². The first-order valence-corrected chi connectivity index (χ1v) is 7.17. The quantitative estimate of drug-likeness (QED) is 0.837. The largest absolute Gasteiger partial charge is 0.367 e. The van der Waals surface area contributed by atoms with Crippen LogP contribution in [0.2, 0.25) is 0 Å². The summed E-state index contributed by atoms with van der Waals surface area (Å²) in [5.41, 5.74) is 1.57. The van der Waals surface area contributed by atoms with Gasteiger partial charge in [0.25, 0.3) is 0 Å². The van der Waals surface area contributed by atoms with Gasteiger partial charge in [-0.3, -0.25) is 4.98 Å². The van der Waals surface area contributed by atoms with Gasteiger partial charge >= 0.3 is 0 Å². The molecule has 0 spiro atoms. The summed E-state index contributed by atoms with van der Waals surface area (Å²) in [5, 5.41) is 3.58. The summed E-state index contributed by atoms with van der Waals surface area (Å²) < 4.78 is 0. The van der Waals surface area contributed by atoms with E-state index >= 15 is 0 Å². The van der Waals surface area contributed by atoms with Crippen molar-refractivity contribution in [1.82, 2.24) is 15.0 Å². The topological polar surface area (TPSA) is 50.7 Å². The third-order valence-electron chi connectivity index (χ3n) is 4.03. The summed E-state index contributed by atoms with van der Waals surface area (Å²) in [6.45, 7) is 2.34. The number of hydrogen-bond donors (Lipinski definition) is 1. The second-order valence-corrected chi connectivity index (χ2v) is 5.46. The minimum atomic E-state index is 0.532. The Morgan fingerprint density at radius 2 is 1.89 bits per heavy atom. The van der Waals surface area contributed by atoms with Crippen LogP contribution in [0.4, 0.5) is 5.82 Å². The number of nitrogens with one attached hydrogen (secondary N) is 1. The van der Waals surface area contributed by atoms with Crippen molar-refractivity contribution in [2.75, 3.05) is 5.32 Å². The Morgan fingerprint density at radius 1 is 1.05 bits per heavy atom. The molecule has 1 fully saturated rings. The van der Waals surface area contributed by atoms with E-state index in [-0.39, 0.29) is 0 Å². The van der Waals surface area contributed by atoms with Crippen LogP contribution in [0.25, 0.3) is 11.2 Å². The minimum Gasteiger partial charge on any atom is -0.367 e. The predicted octanol–water partition coefficient (Wildman–Crippen LogP) is 3.41. The number of pyridine rings is 1. The Morgan fingerprint density at radius 3 is 2.84 bits per heavy atom. The number of nitrogens with zero attached hydrogens (tertiary/aromatic N) is 3. The highest BCUT2D eigenvalue weighted by Crippen LogP contribution is 2.25. The third kappa shape index (κ3) is 2.83. The molecule has 0 aliphatic heterocycles. The average Bonchev–Trinajstić information content (AvgIpc) is 2.64. The van der Waals surface area contributed by atoms with Crippen molar-refractivity contribution >= 4 is 17.0 Å². The molecule has 2 unspecified atom stereocenters. The molecule has 0 radical (unpaired) electrons. The van der Waals surface area contributed by atoms with E-state index in [2.05, 4.69) is 27.2 Å². The molecule has 0 amide bonds. The van der Waals surface area contributed by atoms with Crippen LogP contribution in [-0.4, -0.2) is 21.0 Å². The van der Waals surface area contributed by atoms with Crippen LogP contribution >= 0.6 is 0 Å². The van der Waals surface area contributed by atoms with E-state index in [0.717, 1.165) is 11.3 Å². The van der Waals surface area contributed by atoms with Crippen molar-refractivity contribution in [3.63, 3.8) is 0 Å². The van der Waals surface area contributed by atoms with Gasteiger partial charge in [0.15, 0.2) is 5.65 Å². The van der Waals surface area contributed by atoms with Gasteiger partial charge in [-0.2, -0.15) is 0 Å². The van der Waals surface area contributed by atoms with Crippen LogP contribution < -0.4 is 5.32 Å². The van der Waals surface area contributed by atoms with Crippen LogP contribution in [-0.2, 0) is 0 Å². The Kier molecular flexibility index (Phi) is 3.58. The highest BCUT2D eigenvalue weighted by atomic mass is 15.0. The van der Waals surface area contributed by atoms with E-state index in [1.165, 1.54) is 32.1 Å². The van der Waals surface area contributed by atoms with E-state index in [1.54, 1.807) is 12.4 Å². The Balaban J connectivity index is 1.80. The number of aromatic nitrogens is 3. The van der Waals surface area contributed by atoms with Crippen molar-refractivity contribution in [3.05, 3.63) is 24.5 Å². The molecule has 2 heterocycles. The molecule has 0 bridgehead atoms. The maximum Gasteiger partial charge on any atom is 0.180 e. The summed E-state index contributed by atoms with van der Waals surface area (Å²) in [6, 6.07) is 4.53. The Labute approximate surface area is 113 Å². The lowest BCUT2D eigenvalue weighted by Gasteiger charge is -2.23.